The van der Waals surface area contributed by atoms with Crippen LogP contribution in [0.2, 0.25) is 0 Å². The van der Waals surface area contributed by atoms with E-state index in [9.17, 15) is 0 Å². The topological polar surface area (TPSA) is 3.24 Å². The lowest BCUT2D eigenvalue weighted by atomic mass is 9.67. The highest BCUT2D eigenvalue weighted by Gasteiger charge is 2.51. The van der Waals surface area contributed by atoms with Crippen LogP contribution in [0, 0.1) is 13.8 Å². The summed E-state index contributed by atoms with van der Waals surface area (Å²) in [4.78, 5) is 2.38. The van der Waals surface area contributed by atoms with E-state index in [0.29, 0.717) is 0 Å². The van der Waals surface area contributed by atoms with Crippen LogP contribution in [0.15, 0.2) is 188 Å². The Morgan fingerprint density at radius 3 is 1.78 bits per heavy atom. The van der Waals surface area contributed by atoms with Crippen molar-refractivity contribution in [2.45, 2.75) is 32.1 Å². The standard InChI is InChI=1S/C53H41N/c1-36-17-21-38(22-18-36)42-23-24-43-35-51(40-11-5-3-6-12-40)53(52(43)34-42)49-16-10-9-15-47(49)48-33-41(27-32-50(48)53)39-25-30-46(31-26-39)54(44-13-7-4-8-14-44)45-28-19-37(2)20-29-45/h3,5-7,9-35H,4,8H2,1-2H3. The molecule has 0 aliphatic heterocycles. The molecule has 10 rings (SSSR count). The van der Waals surface area contributed by atoms with Gasteiger partial charge in [-0.15, -0.1) is 0 Å². The molecule has 7 aromatic rings. The first-order chi connectivity index (χ1) is 26.6. The first-order valence-electron chi connectivity index (χ1n) is 19.2. The summed E-state index contributed by atoms with van der Waals surface area (Å²) in [6.07, 6.45) is 11.5. The summed E-state index contributed by atoms with van der Waals surface area (Å²) in [5.41, 5.74) is 21.1. The molecule has 0 aromatic heterocycles. The first kappa shape index (κ1) is 32.2. The average Bonchev–Trinajstić information content (AvgIpc) is 3.72. The van der Waals surface area contributed by atoms with E-state index in [2.05, 4.69) is 207 Å². The fourth-order valence-electron chi connectivity index (χ4n) is 9.01. The summed E-state index contributed by atoms with van der Waals surface area (Å²) in [6, 6.07) is 61.3. The van der Waals surface area contributed by atoms with Gasteiger partial charge in [0.2, 0.25) is 0 Å². The molecular weight excluding hydrogens is 651 g/mol. The summed E-state index contributed by atoms with van der Waals surface area (Å²) in [6.45, 7) is 4.30. The lowest BCUT2D eigenvalue weighted by Gasteiger charge is -2.33. The molecule has 0 fully saturated rings. The molecule has 1 heteroatoms. The van der Waals surface area contributed by atoms with Crippen molar-refractivity contribution in [2.24, 2.45) is 0 Å². The predicted octanol–water partition coefficient (Wildman–Crippen LogP) is 13.9. The highest BCUT2D eigenvalue weighted by molar-refractivity contribution is 6.06. The second-order valence-electron chi connectivity index (χ2n) is 15.0. The first-order valence-corrected chi connectivity index (χ1v) is 19.2. The van der Waals surface area contributed by atoms with Gasteiger partial charge < -0.3 is 4.90 Å². The second-order valence-corrected chi connectivity index (χ2v) is 15.0. The summed E-state index contributed by atoms with van der Waals surface area (Å²) < 4.78 is 0. The Balaban J connectivity index is 1.11. The maximum atomic E-state index is 2.46. The number of benzene rings is 7. The molecule has 3 aliphatic carbocycles. The van der Waals surface area contributed by atoms with Crippen molar-refractivity contribution in [1.82, 2.24) is 0 Å². The number of hydrogen-bond donors (Lipinski definition) is 0. The molecule has 0 amide bonds. The average molecular weight is 692 g/mol. The van der Waals surface area contributed by atoms with Gasteiger partial charge in [0.05, 0.1) is 5.41 Å². The molecule has 0 heterocycles. The van der Waals surface area contributed by atoms with Gasteiger partial charge in [0.1, 0.15) is 0 Å². The lowest BCUT2D eigenvalue weighted by Crippen LogP contribution is -2.26. The van der Waals surface area contributed by atoms with Gasteiger partial charge in [0, 0.05) is 17.1 Å². The van der Waals surface area contributed by atoms with Gasteiger partial charge in [-0.1, -0.05) is 151 Å². The Kier molecular flexibility index (Phi) is 7.70. The van der Waals surface area contributed by atoms with Gasteiger partial charge in [0.25, 0.3) is 0 Å². The van der Waals surface area contributed by atoms with Gasteiger partial charge in [-0.2, -0.15) is 0 Å². The molecule has 0 saturated carbocycles. The Morgan fingerprint density at radius 2 is 1.06 bits per heavy atom. The van der Waals surface area contributed by atoms with Gasteiger partial charge in [-0.25, -0.2) is 0 Å². The van der Waals surface area contributed by atoms with Crippen molar-refractivity contribution in [3.63, 3.8) is 0 Å². The van der Waals surface area contributed by atoms with Crippen LogP contribution in [0.3, 0.4) is 0 Å². The van der Waals surface area contributed by atoms with Crippen LogP contribution in [-0.4, -0.2) is 0 Å². The molecule has 1 atom stereocenters. The second kappa shape index (κ2) is 12.9. The molecular formula is C53H41N. The molecule has 0 N–H and O–H groups in total. The molecule has 54 heavy (non-hydrogen) atoms. The smallest absolute Gasteiger partial charge is 0.0725 e. The van der Waals surface area contributed by atoms with Crippen molar-refractivity contribution < 1.29 is 0 Å². The number of hydrogen-bond acceptors (Lipinski definition) is 1. The maximum Gasteiger partial charge on any atom is 0.0725 e. The van der Waals surface area contributed by atoms with E-state index in [0.717, 1.165) is 18.5 Å². The predicted molar refractivity (Wildman–Crippen MR) is 228 cm³/mol. The molecule has 7 aromatic carbocycles. The number of aryl methyl sites for hydroxylation is 2. The van der Waals surface area contributed by atoms with Crippen molar-refractivity contribution >= 4 is 23.0 Å². The molecule has 0 bridgehead atoms. The third-order valence-electron chi connectivity index (χ3n) is 11.7. The maximum absolute atomic E-state index is 2.46. The van der Waals surface area contributed by atoms with E-state index < -0.39 is 5.41 Å². The summed E-state index contributed by atoms with van der Waals surface area (Å²) >= 11 is 0. The Bertz CT molecular complexity index is 2640. The number of anilines is 2. The molecule has 258 valence electrons. The van der Waals surface area contributed by atoms with Crippen LogP contribution >= 0.6 is 0 Å². The quantitative estimate of drug-likeness (QED) is 0.168. The number of allylic oxidation sites excluding steroid dienone is 4. The molecule has 0 radical (unpaired) electrons. The molecule has 0 saturated heterocycles. The third-order valence-corrected chi connectivity index (χ3v) is 11.7. The van der Waals surface area contributed by atoms with Crippen LogP contribution in [0.5, 0.6) is 0 Å². The van der Waals surface area contributed by atoms with Crippen molar-refractivity contribution in [3.05, 3.63) is 227 Å². The Hall–Kier alpha value is -6.44. The van der Waals surface area contributed by atoms with Crippen LogP contribution < -0.4 is 4.90 Å². The van der Waals surface area contributed by atoms with E-state index in [4.69, 9.17) is 0 Å². The normalized spacial score (nSPS) is 16.4. The van der Waals surface area contributed by atoms with Crippen molar-refractivity contribution in [3.8, 4) is 33.4 Å². The van der Waals surface area contributed by atoms with Crippen LogP contribution in [-0.2, 0) is 5.41 Å². The van der Waals surface area contributed by atoms with E-state index >= 15 is 0 Å². The van der Waals surface area contributed by atoms with Crippen molar-refractivity contribution in [2.75, 3.05) is 4.90 Å². The Labute approximate surface area is 318 Å². The monoisotopic (exact) mass is 691 g/mol. The van der Waals surface area contributed by atoms with E-state index in [1.54, 1.807) is 0 Å². The van der Waals surface area contributed by atoms with Gasteiger partial charge in [-0.05, 0) is 142 Å². The van der Waals surface area contributed by atoms with E-state index in [-0.39, 0.29) is 0 Å². The third kappa shape index (κ3) is 5.15. The van der Waals surface area contributed by atoms with Crippen LogP contribution in [0.25, 0.3) is 45.0 Å². The van der Waals surface area contributed by atoms with Gasteiger partial charge in [-0.3, -0.25) is 0 Å². The summed E-state index contributed by atoms with van der Waals surface area (Å²) in [7, 11) is 0. The van der Waals surface area contributed by atoms with E-state index in [1.165, 1.54) is 89.3 Å². The molecule has 3 aliphatic rings. The molecule has 1 unspecified atom stereocenters. The minimum absolute atomic E-state index is 0.429. The van der Waals surface area contributed by atoms with E-state index in [1.807, 2.05) is 0 Å². The zero-order chi connectivity index (χ0) is 36.2. The van der Waals surface area contributed by atoms with Crippen LogP contribution in [0.1, 0.15) is 51.8 Å². The fourth-order valence-corrected chi connectivity index (χ4v) is 9.01. The van der Waals surface area contributed by atoms with Gasteiger partial charge >= 0.3 is 0 Å². The zero-order valence-electron chi connectivity index (χ0n) is 30.8. The number of nitrogens with zero attached hydrogens (tertiary/aromatic N) is 1. The SMILES string of the molecule is Cc1ccc(-c2ccc3c(c2)C2(C(c4ccccc4)=C3)c3ccccc3-c3cc(-c4ccc(N(C5=CCCC=C5)c5ccc(C)cc5)cc4)ccc32)cc1. The number of fused-ring (bicyclic) bond motifs is 7. The van der Waals surface area contributed by atoms with Crippen molar-refractivity contribution in [1.29, 1.82) is 0 Å². The number of rotatable bonds is 6. The zero-order valence-corrected chi connectivity index (χ0v) is 30.8. The highest BCUT2D eigenvalue weighted by Crippen LogP contribution is 2.63. The van der Waals surface area contributed by atoms with Crippen LogP contribution in [0.4, 0.5) is 11.4 Å². The molecule has 1 spiro atoms. The minimum Gasteiger partial charge on any atom is -0.311 e. The summed E-state index contributed by atoms with van der Waals surface area (Å²) in [5.74, 6) is 0. The largest absolute Gasteiger partial charge is 0.311 e. The molecule has 1 nitrogen and oxygen atoms in total. The fraction of sp³-hybridized carbons (Fsp3) is 0.0943. The minimum atomic E-state index is -0.429. The summed E-state index contributed by atoms with van der Waals surface area (Å²) in [5, 5.41) is 0. The Morgan fingerprint density at radius 1 is 0.463 bits per heavy atom. The van der Waals surface area contributed by atoms with Gasteiger partial charge in [0.15, 0.2) is 0 Å². The lowest BCUT2D eigenvalue weighted by molar-refractivity contribution is 0.842. The highest BCUT2D eigenvalue weighted by atomic mass is 15.1.